The molecule has 1 unspecified atom stereocenters. The number of ether oxygens (including phenoxy) is 1. The van der Waals surface area contributed by atoms with Crippen LogP contribution in [0.15, 0.2) is 36.9 Å². The van der Waals surface area contributed by atoms with Crippen molar-refractivity contribution < 1.29 is 19.4 Å². The van der Waals surface area contributed by atoms with E-state index in [2.05, 4.69) is 16.6 Å². The fraction of sp³-hybridized carbons (Fsp3) is 0.231. The highest BCUT2D eigenvalue weighted by Crippen LogP contribution is 2.14. The van der Waals surface area contributed by atoms with Gasteiger partial charge >= 0.3 is 12.1 Å². The van der Waals surface area contributed by atoms with Gasteiger partial charge in [0.05, 0.1) is 0 Å². The van der Waals surface area contributed by atoms with Crippen LogP contribution in [0.1, 0.15) is 17.2 Å². The van der Waals surface area contributed by atoms with E-state index < -0.39 is 18.1 Å². The van der Waals surface area contributed by atoms with Crippen molar-refractivity contribution in [2.24, 2.45) is 0 Å². The summed E-state index contributed by atoms with van der Waals surface area (Å²) in [7, 11) is 0. The maximum Gasteiger partial charge on any atom is 0.408 e. The molecule has 0 fully saturated rings. The van der Waals surface area contributed by atoms with Gasteiger partial charge in [0, 0.05) is 0 Å². The minimum atomic E-state index is -1.14. The Bertz CT molecular complexity index is 439. The summed E-state index contributed by atoms with van der Waals surface area (Å²) in [6.45, 7) is 5.32. The van der Waals surface area contributed by atoms with Gasteiger partial charge in [-0.15, -0.1) is 0 Å². The Morgan fingerprint density at radius 1 is 1.44 bits per heavy atom. The molecule has 0 bridgehead atoms. The third-order valence-corrected chi connectivity index (χ3v) is 2.25. The van der Waals surface area contributed by atoms with E-state index in [1.807, 2.05) is 6.92 Å². The predicted molar refractivity (Wildman–Crippen MR) is 66.2 cm³/mol. The first kappa shape index (κ1) is 13.8. The fourth-order valence-electron chi connectivity index (χ4n) is 1.34. The number of aryl methyl sites for hydroxylation is 1. The van der Waals surface area contributed by atoms with Gasteiger partial charge in [0.25, 0.3) is 0 Å². The molecule has 0 spiro atoms. The predicted octanol–water partition coefficient (Wildman–Crippen LogP) is 2.03. The second-order valence-corrected chi connectivity index (χ2v) is 3.71. The van der Waals surface area contributed by atoms with E-state index in [4.69, 9.17) is 5.11 Å². The van der Waals surface area contributed by atoms with Gasteiger partial charge in [0.15, 0.2) is 6.04 Å². The van der Waals surface area contributed by atoms with E-state index in [0.717, 1.165) is 5.56 Å². The van der Waals surface area contributed by atoms with Gasteiger partial charge in [0.2, 0.25) is 0 Å². The lowest BCUT2D eigenvalue weighted by Gasteiger charge is -2.14. The quantitative estimate of drug-likeness (QED) is 0.783. The number of rotatable bonds is 5. The molecule has 0 heterocycles. The summed E-state index contributed by atoms with van der Waals surface area (Å²) in [5.74, 6) is -1.14. The number of hydrogen-bond donors (Lipinski definition) is 2. The average Bonchev–Trinajstić information content (AvgIpc) is 2.34. The first-order valence-electron chi connectivity index (χ1n) is 5.38. The molecule has 0 aliphatic rings. The Balaban J connectivity index is 2.77. The van der Waals surface area contributed by atoms with E-state index in [9.17, 15) is 9.59 Å². The van der Waals surface area contributed by atoms with Crippen LogP contribution in [0, 0.1) is 6.92 Å². The zero-order chi connectivity index (χ0) is 13.5. The number of nitrogens with one attached hydrogen (secondary N) is 1. The normalized spacial score (nSPS) is 11.4. The van der Waals surface area contributed by atoms with Gasteiger partial charge < -0.3 is 15.2 Å². The Morgan fingerprint density at radius 2 is 2.06 bits per heavy atom. The largest absolute Gasteiger partial charge is 0.479 e. The van der Waals surface area contributed by atoms with Crippen molar-refractivity contribution in [3.8, 4) is 0 Å². The summed E-state index contributed by atoms with van der Waals surface area (Å²) in [6, 6.07) is 5.75. The van der Waals surface area contributed by atoms with E-state index in [1.165, 1.54) is 6.08 Å². The van der Waals surface area contributed by atoms with Gasteiger partial charge in [-0.2, -0.15) is 0 Å². The molecule has 1 atom stereocenters. The molecule has 0 radical (unpaired) electrons. The molecule has 5 nitrogen and oxygen atoms in total. The molecular formula is C13H15NO4. The van der Waals surface area contributed by atoms with Crippen molar-refractivity contribution in [1.82, 2.24) is 5.32 Å². The molecule has 1 rings (SSSR count). The molecule has 1 aromatic rings. The number of carbonyl (C=O) groups is 2. The van der Waals surface area contributed by atoms with Crippen LogP contribution in [0.3, 0.4) is 0 Å². The topological polar surface area (TPSA) is 75.6 Å². The van der Waals surface area contributed by atoms with Crippen molar-refractivity contribution in [2.75, 3.05) is 6.61 Å². The van der Waals surface area contributed by atoms with Crippen molar-refractivity contribution in [3.63, 3.8) is 0 Å². The molecule has 1 aromatic carbocycles. The van der Waals surface area contributed by atoms with E-state index >= 15 is 0 Å². The monoisotopic (exact) mass is 249 g/mol. The number of carboxylic acid groups (broad SMARTS) is 1. The summed E-state index contributed by atoms with van der Waals surface area (Å²) in [5, 5.41) is 11.4. The molecule has 18 heavy (non-hydrogen) atoms. The summed E-state index contributed by atoms with van der Waals surface area (Å²) < 4.78 is 4.69. The van der Waals surface area contributed by atoms with Crippen molar-refractivity contribution in [2.45, 2.75) is 13.0 Å². The first-order chi connectivity index (χ1) is 8.54. The van der Waals surface area contributed by atoms with Crippen LogP contribution < -0.4 is 5.32 Å². The van der Waals surface area contributed by atoms with Crippen LogP contribution in [0.2, 0.25) is 0 Å². The minimum absolute atomic E-state index is 0.0338. The van der Waals surface area contributed by atoms with Crippen molar-refractivity contribution in [1.29, 1.82) is 0 Å². The Hall–Kier alpha value is -2.30. The first-order valence-corrected chi connectivity index (χ1v) is 5.38. The van der Waals surface area contributed by atoms with Crippen molar-refractivity contribution in [3.05, 3.63) is 48.0 Å². The summed E-state index contributed by atoms with van der Waals surface area (Å²) >= 11 is 0. The van der Waals surface area contributed by atoms with Crippen LogP contribution in [0.25, 0.3) is 0 Å². The number of hydrogen-bond acceptors (Lipinski definition) is 3. The van der Waals surface area contributed by atoms with Gasteiger partial charge in [-0.25, -0.2) is 9.59 Å². The molecule has 0 aromatic heterocycles. The van der Waals surface area contributed by atoms with Gasteiger partial charge in [-0.05, 0) is 12.5 Å². The van der Waals surface area contributed by atoms with Gasteiger partial charge in [0.1, 0.15) is 6.61 Å². The molecule has 2 N–H and O–H groups in total. The highest BCUT2D eigenvalue weighted by molar-refractivity contribution is 5.81. The second-order valence-electron chi connectivity index (χ2n) is 3.71. The number of carboxylic acids is 1. The average molecular weight is 249 g/mol. The SMILES string of the molecule is C=CCOC(=O)NC(C(=O)O)c1ccc(C)cc1. The number of alkyl carbamates (subject to hydrolysis) is 1. The zero-order valence-corrected chi connectivity index (χ0v) is 10.1. The zero-order valence-electron chi connectivity index (χ0n) is 10.1. The molecule has 1 amide bonds. The molecule has 0 saturated heterocycles. The third-order valence-electron chi connectivity index (χ3n) is 2.25. The van der Waals surface area contributed by atoms with Crippen molar-refractivity contribution >= 4 is 12.1 Å². The Kier molecular flexibility index (Phi) is 4.92. The number of amides is 1. The molecule has 0 aliphatic heterocycles. The maximum atomic E-state index is 11.3. The standard InChI is InChI=1S/C13H15NO4/c1-3-8-18-13(17)14-11(12(15)16)10-6-4-9(2)5-7-10/h3-7,11H,1,8H2,2H3,(H,14,17)(H,15,16). The van der Waals surface area contributed by atoms with E-state index in [-0.39, 0.29) is 6.61 Å². The molecule has 0 aliphatic carbocycles. The van der Waals surface area contributed by atoms with Crippen LogP contribution >= 0.6 is 0 Å². The minimum Gasteiger partial charge on any atom is -0.479 e. The third kappa shape index (κ3) is 3.93. The van der Waals surface area contributed by atoms with Gasteiger partial charge in [-0.3, -0.25) is 0 Å². The number of carbonyl (C=O) groups excluding carboxylic acids is 1. The highest BCUT2D eigenvalue weighted by Gasteiger charge is 2.22. The Morgan fingerprint density at radius 3 is 2.56 bits per heavy atom. The van der Waals surface area contributed by atoms with Crippen LogP contribution in [-0.4, -0.2) is 23.8 Å². The lowest BCUT2D eigenvalue weighted by atomic mass is 10.1. The Labute approximate surface area is 105 Å². The van der Waals surface area contributed by atoms with Gasteiger partial charge in [-0.1, -0.05) is 42.5 Å². The molecule has 96 valence electrons. The molecular weight excluding hydrogens is 234 g/mol. The lowest BCUT2D eigenvalue weighted by Crippen LogP contribution is -2.34. The van der Waals surface area contributed by atoms with Crippen LogP contribution in [0.5, 0.6) is 0 Å². The fourth-order valence-corrected chi connectivity index (χ4v) is 1.34. The maximum absolute atomic E-state index is 11.3. The smallest absolute Gasteiger partial charge is 0.408 e. The lowest BCUT2D eigenvalue weighted by molar-refractivity contribution is -0.139. The molecule has 5 heteroatoms. The summed E-state index contributed by atoms with van der Waals surface area (Å²) in [5.41, 5.74) is 1.50. The highest BCUT2D eigenvalue weighted by atomic mass is 16.5. The van der Waals surface area contributed by atoms with Crippen LogP contribution in [-0.2, 0) is 9.53 Å². The molecule has 0 saturated carbocycles. The number of benzene rings is 1. The van der Waals surface area contributed by atoms with E-state index in [0.29, 0.717) is 5.56 Å². The summed E-state index contributed by atoms with van der Waals surface area (Å²) in [4.78, 5) is 22.4. The second kappa shape index (κ2) is 6.44. The van der Waals surface area contributed by atoms with Crippen LogP contribution in [0.4, 0.5) is 4.79 Å². The summed E-state index contributed by atoms with van der Waals surface area (Å²) in [6.07, 6.45) is 0.615. The number of aliphatic carboxylic acids is 1. The van der Waals surface area contributed by atoms with E-state index in [1.54, 1.807) is 24.3 Å².